The molecule has 8 nitrogen and oxygen atoms in total. The number of likely N-dealkylation sites (tertiary alicyclic amines) is 1. The lowest BCUT2D eigenvalue weighted by Crippen LogP contribution is -2.54. The second kappa shape index (κ2) is 8.86. The molecule has 1 aromatic rings. The predicted molar refractivity (Wildman–Crippen MR) is 106 cm³/mol. The summed E-state index contributed by atoms with van der Waals surface area (Å²) >= 11 is 0. The number of piperidine rings is 1. The molecule has 3 aliphatic heterocycles. The lowest BCUT2D eigenvalue weighted by atomic mass is 9.96. The maximum absolute atomic E-state index is 13.0. The van der Waals surface area contributed by atoms with E-state index in [4.69, 9.17) is 0 Å². The van der Waals surface area contributed by atoms with Gasteiger partial charge >= 0.3 is 0 Å². The normalized spacial score (nSPS) is 23.9. The first-order chi connectivity index (χ1) is 13.7. The Bertz CT molecular complexity index is 671. The van der Waals surface area contributed by atoms with Crippen molar-refractivity contribution in [3.05, 3.63) is 18.5 Å². The highest BCUT2D eigenvalue weighted by atomic mass is 16.2. The lowest BCUT2D eigenvalue weighted by molar-refractivity contribution is -0.138. The number of hydrogen-bond donors (Lipinski definition) is 0. The molecule has 3 fully saturated rings. The number of carbonyl (C=O) groups excluding carboxylic acids is 2. The fourth-order valence-electron chi connectivity index (χ4n) is 4.46. The van der Waals surface area contributed by atoms with E-state index in [0.29, 0.717) is 32.1 Å². The molecular formula is C20H30N6O2. The Morgan fingerprint density at radius 3 is 2.32 bits per heavy atom. The molecule has 8 heteroatoms. The van der Waals surface area contributed by atoms with Crippen LogP contribution in [0, 0.1) is 5.92 Å². The van der Waals surface area contributed by atoms with E-state index in [-0.39, 0.29) is 17.7 Å². The van der Waals surface area contributed by atoms with Gasteiger partial charge in [-0.05, 0) is 31.7 Å². The molecule has 3 saturated heterocycles. The van der Waals surface area contributed by atoms with Crippen molar-refractivity contribution in [2.45, 2.75) is 25.7 Å². The maximum Gasteiger partial charge on any atom is 0.236 e. The number of amides is 2. The Labute approximate surface area is 166 Å². The molecule has 0 unspecified atom stereocenters. The molecule has 0 radical (unpaired) electrons. The summed E-state index contributed by atoms with van der Waals surface area (Å²) in [5.41, 5.74) is 0. The first kappa shape index (κ1) is 19.1. The number of rotatable bonds is 4. The van der Waals surface area contributed by atoms with E-state index in [1.54, 1.807) is 12.4 Å². The monoisotopic (exact) mass is 386 g/mol. The van der Waals surface area contributed by atoms with Crippen molar-refractivity contribution in [2.75, 3.05) is 63.8 Å². The highest BCUT2D eigenvalue weighted by Crippen LogP contribution is 2.22. The van der Waals surface area contributed by atoms with Crippen molar-refractivity contribution in [1.29, 1.82) is 0 Å². The second-order valence-electron chi connectivity index (χ2n) is 8.02. The molecule has 0 aromatic carbocycles. The van der Waals surface area contributed by atoms with Crippen LogP contribution in [-0.4, -0.2) is 95.4 Å². The zero-order valence-corrected chi connectivity index (χ0v) is 16.5. The first-order valence-corrected chi connectivity index (χ1v) is 10.5. The van der Waals surface area contributed by atoms with Gasteiger partial charge in [0, 0.05) is 64.8 Å². The number of aromatic nitrogens is 2. The maximum atomic E-state index is 13.0. The Balaban J connectivity index is 1.26. The molecule has 0 aliphatic carbocycles. The van der Waals surface area contributed by atoms with Crippen LogP contribution in [0.5, 0.6) is 0 Å². The molecule has 1 atom stereocenters. The van der Waals surface area contributed by atoms with E-state index >= 15 is 0 Å². The van der Waals surface area contributed by atoms with E-state index < -0.39 is 0 Å². The summed E-state index contributed by atoms with van der Waals surface area (Å²) < 4.78 is 0. The van der Waals surface area contributed by atoms with Crippen LogP contribution < -0.4 is 4.90 Å². The summed E-state index contributed by atoms with van der Waals surface area (Å²) in [4.78, 5) is 42.3. The molecule has 1 aromatic heterocycles. The van der Waals surface area contributed by atoms with Gasteiger partial charge in [-0.1, -0.05) is 0 Å². The van der Waals surface area contributed by atoms with Crippen LogP contribution in [0.2, 0.25) is 0 Å². The summed E-state index contributed by atoms with van der Waals surface area (Å²) in [7, 11) is 0. The minimum atomic E-state index is 0.00957. The van der Waals surface area contributed by atoms with Crippen molar-refractivity contribution in [1.82, 2.24) is 24.7 Å². The Hall–Kier alpha value is -2.22. The van der Waals surface area contributed by atoms with Crippen LogP contribution in [0.1, 0.15) is 25.7 Å². The standard InChI is InChI=1S/C20H30N6O2/c27-18(24-8-1-2-9-24)16-23-11-13-25(14-12-23)19(28)17-5-3-10-26(15-17)20-21-6-4-7-22-20/h4,6-7,17H,1-3,5,8-16H2/t17-/m1/s1. The predicted octanol–water partition coefficient (Wildman–Crippen LogP) is 0.460. The zero-order chi connectivity index (χ0) is 19.3. The van der Waals surface area contributed by atoms with Crippen molar-refractivity contribution in [2.24, 2.45) is 5.92 Å². The molecule has 2 amide bonds. The summed E-state index contributed by atoms with van der Waals surface area (Å²) in [5, 5.41) is 0. The van der Waals surface area contributed by atoms with Gasteiger partial charge in [-0.2, -0.15) is 0 Å². The van der Waals surface area contributed by atoms with Crippen LogP contribution in [0.15, 0.2) is 18.5 Å². The van der Waals surface area contributed by atoms with Gasteiger partial charge in [0.15, 0.2) is 0 Å². The number of nitrogens with zero attached hydrogens (tertiary/aromatic N) is 6. The number of piperazine rings is 1. The van der Waals surface area contributed by atoms with Gasteiger partial charge in [0.25, 0.3) is 0 Å². The van der Waals surface area contributed by atoms with Gasteiger partial charge in [0.05, 0.1) is 12.5 Å². The van der Waals surface area contributed by atoms with Crippen LogP contribution in [0.25, 0.3) is 0 Å². The molecule has 152 valence electrons. The summed E-state index contributed by atoms with van der Waals surface area (Å²) in [6, 6.07) is 1.81. The Morgan fingerprint density at radius 1 is 0.893 bits per heavy atom. The number of hydrogen-bond acceptors (Lipinski definition) is 6. The molecule has 0 bridgehead atoms. The molecule has 4 rings (SSSR count). The molecule has 0 N–H and O–H groups in total. The summed E-state index contributed by atoms with van der Waals surface area (Å²) in [5.74, 6) is 1.20. The fraction of sp³-hybridized carbons (Fsp3) is 0.700. The van der Waals surface area contributed by atoms with Crippen LogP contribution in [0.4, 0.5) is 5.95 Å². The highest BCUT2D eigenvalue weighted by Gasteiger charge is 2.32. The summed E-state index contributed by atoms with van der Waals surface area (Å²) in [6.45, 7) is 6.88. The van der Waals surface area contributed by atoms with Crippen molar-refractivity contribution < 1.29 is 9.59 Å². The van der Waals surface area contributed by atoms with Crippen molar-refractivity contribution >= 4 is 17.8 Å². The van der Waals surface area contributed by atoms with E-state index in [2.05, 4.69) is 19.8 Å². The molecule has 0 spiro atoms. The molecule has 28 heavy (non-hydrogen) atoms. The minimum Gasteiger partial charge on any atom is -0.342 e. The average molecular weight is 387 g/mol. The average Bonchev–Trinajstić information content (AvgIpc) is 3.30. The SMILES string of the molecule is O=C(CN1CCN(C(=O)[C@@H]2CCCN(c3ncccn3)C2)CC1)N1CCCC1. The number of anilines is 1. The fourth-order valence-corrected chi connectivity index (χ4v) is 4.46. The van der Waals surface area contributed by atoms with E-state index in [9.17, 15) is 9.59 Å². The smallest absolute Gasteiger partial charge is 0.236 e. The summed E-state index contributed by atoms with van der Waals surface area (Å²) in [6.07, 6.45) is 7.66. The van der Waals surface area contributed by atoms with Crippen LogP contribution >= 0.6 is 0 Å². The minimum absolute atomic E-state index is 0.00957. The second-order valence-corrected chi connectivity index (χ2v) is 8.02. The van der Waals surface area contributed by atoms with Gasteiger partial charge in [-0.3, -0.25) is 14.5 Å². The zero-order valence-electron chi connectivity index (χ0n) is 16.5. The third-order valence-electron chi connectivity index (χ3n) is 6.11. The van der Waals surface area contributed by atoms with Gasteiger partial charge in [0.2, 0.25) is 17.8 Å². The Morgan fingerprint density at radius 2 is 1.61 bits per heavy atom. The Kier molecular flexibility index (Phi) is 6.04. The van der Waals surface area contributed by atoms with Gasteiger partial charge < -0.3 is 14.7 Å². The topological polar surface area (TPSA) is 72.9 Å². The largest absolute Gasteiger partial charge is 0.342 e. The van der Waals surface area contributed by atoms with Crippen molar-refractivity contribution in [3.63, 3.8) is 0 Å². The van der Waals surface area contributed by atoms with Gasteiger partial charge in [-0.15, -0.1) is 0 Å². The van der Waals surface area contributed by atoms with Crippen molar-refractivity contribution in [3.8, 4) is 0 Å². The first-order valence-electron chi connectivity index (χ1n) is 10.5. The molecule has 3 aliphatic rings. The van der Waals surface area contributed by atoms with E-state index in [1.807, 2.05) is 15.9 Å². The van der Waals surface area contributed by atoms with Crippen LogP contribution in [0.3, 0.4) is 0 Å². The third kappa shape index (κ3) is 4.43. The third-order valence-corrected chi connectivity index (χ3v) is 6.11. The highest BCUT2D eigenvalue weighted by molar-refractivity contribution is 5.80. The molecule has 4 heterocycles. The van der Waals surface area contributed by atoms with E-state index in [1.165, 1.54) is 0 Å². The quantitative estimate of drug-likeness (QED) is 0.749. The molecule has 0 saturated carbocycles. The molecular weight excluding hydrogens is 356 g/mol. The van der Waals surface area contributed by atoms with Gasteiger partial charge in [-0.25, -0.2) is 9.97 Å². The van der Waals surface area contributed by atoms with Gasteiger partial charge in [0.1, 0.15) is 0 Å². The van der Waals surface area contributed by atoms with E-state index in [0.717, 1.165) is 58.4 Å². The van der Waals surface area contributed by atoms with Crippen LogP contribution in [-0.2, 0) is 9.59 Å². The lowest BCUT2D eigenvalue weighted by Gasteiger charge is -2.39. The number of carbonyl (C=O) groups is 2.